The van der Waals surface area contributed by atoms with Gasteiger partial charge in [-0.25, -0.2) is 4.39 Å². The molecule has 1 aliphatic heterocycles. The number of amidine groups is 1. The Hall–Kier alpha value is -3.52. The summed E-state index contributed by atoms with van der Waals surface area (Å²) in [7, 11) is 4.01. The van der Waals surface area contributed by atoms with Crippen LogP contribution in [0.25, 0.3) is 6.08 Å². The standard InChI is InChI=1S/C25H29FN6O/c1-5-6-17-13-21(28-15-17)29-23-14-22(27-9-10-32(3)4)30-25(31-23)33-20-8-7-18-11-16(2)12-19(18)24(20)26/h5-8,12-14H,9-11,15H2,1-4H3,(H2,27,28,29,30,31)/b6-5+. The number of aliphatic imine (C=N–C) groups is 1. The van der Waals surface area contributed by atoms with Crippen molar-refractivity contribution in [2.24, 2.45) is 4.99 Å². The number of halogens is 1. The van der Waals surface area contributed by atoms with Crippen molar-refractivity contribution in [2.75, 3.05) is 44.4 Å². The predicted octanol–water partition coefficient (Wildman–Crippen LogP) is 4.67. The van der Waals surface area contributed by atoms with Crippen LogP contribution in [0, 0.1) is 5.82 Å². The molecular weight excluding hydrogens is 419 g/mol. The maximum atomic E-state index is 15.1. The smallest absolute Gasteiger partial charge is 0.326 e. The lowest BCUT2D eigenvalue weighted by Gasteiger charge is -2.14. The van der Waals surface area contributed by atoms with Gasteiger partial charge in [0.15, 0.2) is 11.6 Å². The molecule has 0 amide bonds. The molecule has 0 fully saturated rings. The molecule has 1 aromatic carbocycles. The number of anilines is 2. The first-order valence-electron chi connectivity index (χ1n) is 11.0. The second-order valence-corrected chi connectivity index (χ2v) is 8.42. The third-order valence-electron chi connectivity index (χ3n) is 5.26. The van der Waals surface area contributed by atoms with Crippen molar-refractivity contribution in [1.82, 2.24) is 14.9 Å². The molecule has 0 atom stereocenters. The minimum Gasteiger partial charge on any atom is -0.421 e. The zero-order chi connectivity index (χ0) is 23.4. The molecule has 0 unspecified atom stereocenters. The highest BCUT2D eigenvalue weighted by Crippen LogP contribution is 2.34. The Balaban J connectivity index is 1.59. The first-order chi connectivity index (χ1) is 15.9. The fourth-order valence-corrected chi connectivity index (χ4v) is 3.70. The molecule has 0 radical (unpaired) electrons. The van der Waals surface area contributed by atoms with Crippen LogP contribution in [0.4, 0.5) is 16.0 Å². The zero-order valence-electron chi connectivity index (χ0n) is 19.4. The predicted molar refractivity (Wildman–Crippen MR) is 132 cm³/mol. The Bertz CT molecular complexity index is 1170. The van der Waals surface area contributed by atoms with Crippen molar-refractivity contribution in [1.29, 1.82) is 0 Å². The number of hydrogen-bond acceptors (Lipinski definition) is 7. The average molecular weight is 449 g/mol. The van der Waals surface area contributed by atoms with E-state index < -0.39 is 5.82 Å². The summed E-state index contributed by atoms with van der Waals surface area (Å²) in [6.45, 7) is 6.10. The number of benzene rings is 1. The second-order valence-electron chi connectivity index (χ2n) is 8.42. The number of allylic oxidation sites excluding steroid dienone is 2. The van der Waals surface area contributed by atoms with Gasteiger partial charge in [0.05, 0.1) is 6.54 Å². The summed E-state index contributed by atoms with van der Waals surface area (Å²) in [4.78, 5) is 15.5. The maximum absolute atomic E-state index is 15.1. The molecule has 2 aliphatic rings. The third kappa shape index (κ3) is 5.64. The van der Waals surface area contributed by atoms with Crippen molar-refractivity contribution in [3.63, 3.8) is 0 Å². The topological polar surface area (TPSA) is 74.7 Å². The van der Waals surface area contributed by atoms with Gasteiger partial charge in [-0.2, -0.15) is 9.97 Å². The van der Waals surface area contributed by atoms with Gasteiger partial charge in [-0.3, -0.25) is 4.99 Å². The number of nitrogens with zero attached hydrogens (tertiary/aromatic N) is 4. The van der Waals surface area contributed by atoms with E-state index in [0.29, 0.717) is 36.1 Å². The van der Waals surface area contributed by atoms with Crippen molar-refractivity contribution in [3.05, 3.63) is 64.5 Å². The van der Waals surface area contributed by atoms with Crippen LogP contribution in [-0.4, -0.2) is 54.4 Å². The number of aromatic nitrogens is 2. The van der Waals surface area contributed by atoms with Gasteiger partial charge in [0, 0.05) is 24.7 Å². The van der Waals surface area contributed by atoms with Crippen LogP contribution in [0.1, 0.15) is 25.0 Å². The van der Waals surface area contributed by atoms with E-state index in [0.717, 1.165) is 29.7 Å². The van der Waals surface area contributed by atoms with Crippen LogP contribution >= 0.6 is 0 Å². The number of nitrogens with one attached hydrogen (secondary N) is 2. The summed E-state index contributed by atoms with van der Waals surface area (Å²) >= 11 is 0. The molecule has 2 N–H and O–H groups in total. The first-order valence-corrected chi connectivity index (χ1v) is 11.0. The van der Waals surface area contributed by atoms with E-state index in [2.05, 4.69) is 30.5 Å². The molecule has 0 bridgehead atoms. The fraction of sp³-hybridized carbons (Fsp3) is 0.320. The summed E-state index contributed by atoms with van der Waals surface area (Å²) in [5.74, 6) is 1.51. The molecule has 172 valence electrons. The Labute approximate surface area is 193 Å². The van der Waals surface area contributed by atoms with E-state index in [4.69, 9.17) is 4.74 Å². The number of likely N-dealkylation sites (N-methyl/N-ethyl adjacent to an activating group) is 1. The molecule has 4 rings (SSSR count). The van der Waals surface area contributed by atoms with Gasteiger partial charge in [-0.15, -0.1) is 0 Å². The van der Waals surface area contributed by atoms with Crippen molar-refractivity contribution >= 4 is 23.5 Å². The zero-order valence-corrected chi connectivity index (χ0v) is 19.4. The summed E-state index contributed by atoms with van der Waals surface area (Å²) in [6.07, 6.45) is 8.59. The summed E-state index contributed by atoms with van der Waals surface area (Å²) in [5, 5.41) is 6.49. The van der Waals surface area contributed by atoms with Crippen LogP contribution in [0.2, 0.25) is 0 Å². The summed E-state index contributed by atoms with van der Waals surface area (Å²) in [6, 6.07) is 5.37. The van der Waals surface area contributed by atoms with Gasteiger partial charge in [-0.1, -0.05) is 29.9 Å². The number of fused-ring (bicyclic) bond motifs is 1. The molecule has 0 saturated carbocycles. The van der Waals surface area contributed by atoms with Crippen LogP contribution < -0.4 is 15.4 Å². The van der Waals surface area contributed by atoms with E-state index in [9.17, 15) is 0 Å². The van der Waals surface area contributed by atoms with E-state index in [1.807, 2.05) is 58.3 Å². The lowest BCUT2D eigenvalue weighted by molar-refractivity contribution is 0.410. The van der Waals surface area contributed by atoms with Gasteiger partial charge in [-0.05, 0) is 57.6 Å². The molecule has 7 nitrogen and oxygen atoms in total. The number of rotatable bonds is 8. The van der Waals surface area contributed by atoms with Gasteiger partial charge in [0.1, 0.15) is 17.5 Å². The monoisotopic (exact) mass is 448 g/mol. The van der Waals surface area contributed by atoms with Crippen LogP contribution in [0.3, 0.4) is 0 Å². The van der Waals surface area contributed by atoms with Crippen molar-refractivity contribution < 1.29 is 9.13 Å². The van der Waals surface area contributed by atoms with Crippen LogP contribution in [0.15, 0.2) is 52.6 Å². The summed E-state index contributed by atoms with van der Waals surface area (Å²) < 4.78 is 20.9. The van der Waals surface area contributed by atoms with Gasteiger partial charge < -0.3 is 20.3 Å². The Morgan fingerprint density at radius 1 is 1.18 bits per heavy atom. The lowest BCUT2D eigenvalue weighted by atomic mass is 10.1. The molecule has 0 saturated heterocycles. The highest BCUT2D eigenvalue weighted by molar-refractivity contribution is 6.05. The molecule has 33 heavy (non-hydrogen) atoms. The average Bonchev–Trinajstić information content (AvgIpc) is 3.36. The first kappa shape index (κ1) is 22.7. The van der Waals surface area contributed by atoms with E-state index in [1.54, 1.807) is 12.1 Å². The second kappa shape index (κ2) is 9.95. The highest BCUT2D eigenvalue weighted by Gasteiger charge is 2.19. The summed E-state index contributed by atoms with van der Waals surface area (Å²) in [5.41, 5.74) is 3.77. The van der Waals surface area contributed by atoms with Crippen molar-refractivity contribution in [2.45, 2.75) is 20.3 Å². The maximum Gasteiger partial charge on any atom is 0.326 e. The Morgan fingerprint density at radius 3 is 2.79 bits per heavy atom. The van der Waals surface area contributed by atoms with Gasteiger partial charge in [0.2, 0.25) is 0 Å². The third-order valence-corrected chi connectivity index (χ3v) is 5.26. The molecular formula is C25H29FN6O. The van der Waals surface area contributed by atoms with E-state index >= 15 is 4.39 Å². The largest absolute Gasteiger partial charge is 0.421 e. The number of hydrogen-bond donors (Lipinski definition) is 2. The fourth-order valence-electron chi connectivity index (χ4n) is 3.70. The highest BCUT2D eigenvalue weighted by atomic mass is 19.1. The minimum atomic E-state index is -0.396. The Kier molecular flexibility index (Phi) is 6.84. The van der Waals surface area contributed by atoms with E-state index in [1.165, 1.54) is 0 Å². The quantitative estimate of drug-likeness (QED) is 0.612. The Morgan fingerprint density at radius 2 is 2.00 bits per heavy atom. The van der Waals surface area contributed by atoms with Gasteiger partial charge in [0.25, 0.3) is 0 Å². The molecule has 8 heteroatoms. The van der Waals surface area contributed by atoms with Crippen molar-refractivity contribution in [3.8, 4) is 11.8 Å². The normalized spacial score (nSPS) is 14.9. The van der Waals surface area contributed by atoms with Gasteiger partial charge >= 0.3 is 6.01 Å². The number of ether oxygens (including phenoxy) is 1. The SMILES string of the molecule is C/C=C/C1=CC(Nc2cc(NCCN(C)C)nc(Oc3ccc4c(c3F)C=C(C)C4)n2)=NC1. The molecule has 2 aromatic rings. The molecule has 1 aliphatic carbocycles. The minimum absolute atomic E-state index is 0.0566. The molecule has 2 heterocycles. The molecule has 0 spiro atoms. The molecule has 1 aromatic heterocycles. The van der Waals surface area contributed by atoms with Crippen LogP contribution in [0.5, 0.6) is 11.8 Å². The van der Waals surface area contributed by atoms with Crippen LogP contribution in [-0.2, 0) is 6.42 Å². The van der Waals surface area contributed by atoms with E-state index in [-0.39, 0.29) is 11.8 Å². The lowest BCUT2D eigenvalue weighted by Crippen LogP contribution is -2.21.